The molecule has 1 aromatic carbocycles. The number of hydrogen-bond donors (Lipinski definition) is 1. The molecule has 1 unspecified atom stereocenters. The van der Waals surface area contributed by atoms with Crippen molar-refractivity contribution in [3.63, 3.8) is 0 Å². The van der Waals surface area contributed by atoms with Crippen molar-refractivity contribution in [2.75, 3.05) is 0 Å². The van der Waals surface area contributed by atoms with Crippen LogP contribution >= 0.6 is 24.2 Å². The highest BCUT2D eigenvalue weighted by molar-refractivity contribution is 7.80. The summed E-state index contributed by atoms with van der Waals surface area (Å²) in [5, 5.41) is -0.576. The molecule has 14 heavy (non-hydrogen) atoms. The van der Waals surface area contributed by atoms with E-state index in [0.717, 1.165) is 16.9 Å². The fourth-order valence-electron chi connectivity index (χ4n) is 1.24. The molecule has 1 rings (SSSR count). The van der Waals surface area contributed by atoms with Gasteiger partial charge in [-0.1, -0.05) is 19.1 Å². The summed E-state index contributed by atoms with van der Waals surface area (Å²) in [4.78, 5) is 11.9. The van der Waals surface area contributed by atoms with Crippen molar-refractivity contribution < 1.29 is 4.79 Å². The zero-order valence-corrected chi connectivity index (χ0v) is 9.90. The molecular formula is C11H13ClOS. The van der Waals surface area contributed by atoms with Crippen LogP contribution in [0.1, 0.15) is 30.4 Å². The lowest BCUT2D eigenvalue weighted by molar-refractivity contribution is -0.116. The highest BCUT2D eigenvalue weighted by Crippen LogP contribution is 2.28. The zero-order valence-electron chi connectivity index (χ0n) is 8.25. The van der Waals surface area contributed by atoms with Crippen LogP contribution in [0.4, 0.5) is 0 Å². The van der Waals surface area contributed by atoms with Crippen LogP contribution in [0.2, 0.25) is 0 Å². The second kappa shape index (κ2) is 4.85. The first-order valence-corrected chi connectivity index (χ1v) is 5.41. The maximum absolute atomic E-state index is 11.1. The number of benzene rings is 1. The van der Waals surface area contributed by atoms with Crippen LogP contribution < -0.4 is 0 Å². The Balaban J connectivity index is 3.05. The van der Waals surface area contributed by atoms with Crippen LogP contribution in [-0.4, -0.2) is 5.78 Å². The lowest BCUT2D eigenvalue weighted by atomic mass is 10.1. The highest BCUT2D eigenvalue weighted by atomic mass is 35.5. The second-order valence-corrected chi connectivity index (χ2v) is 4.14. The Kier molecular flexibility index (Phi) is 4.02. The van der Waals surface area contributed by atoms with Crippen LogP contribution in [0.3, 0.4) is 0 Å². The molecule has 0 aliphatic rings. The molecule has 0 saturated heterocycles. The molecule has 3 heteroatoms. The standard InChI is InChI=1S/C11H13ClOS/c1-3-8-4-5-9(10(14)6-8)11(12)7(2)13/h4-6,11,14H,3H2,1-2H3. The Morgan fingerprint density at radius 2 is 2.21 bits per heavy atom. The number of aryl methyl sites for hydroxylation is 1. The maximum atomic E-state index is 11.1. The van der Waals surface area contributed by atoms with E-state index in [1.54, 1.807) is 0 Å². The first-order valence-electron chi connectivity index (χ1n) is 4.52. The summed E-state index contributed by atoms with van der Waals surface area (Å²) < 4.78 is 0. The number of carbonyl (C=O) groups is 1. The Hall–Kier alpha value is -0.470. The van der Waals surface area contributed by atoms with E-state index in [1.807, 2.05) is 18.2 Å². The van der Waals surface area contributed by atoms with Crippen molar-refractivity contribution in [1.82, 2.24) is 0 Å². The molecular weight excluding hydrogens is 216 g/mol. The number of hydrogen-bond acceptors (Lipinski definition) is 2. The maximum Gasteiger partial charge on any atom is 0.152 e. The van der Waals surface area contributed by atoms with E-state index in [9.17, 15) is 4.79 Å². The van der Waals surface area contributed by atoms with Gasteiger partial charge in [-0.2, -0.15) is 0 Å². The van der Waals surface area contributed by atoms with Crippen LogP contribution in [0.5, 0.6) is 0 Å². The summed E-state index contributed by atoms with van der Waals surface area (Å²) in [5.74, 6) is -0.0498. The van der Waals surface area contributed by atoms with Crippen molar-refractivity contribution in [2.45, 2.75) is 30.5 Å². The number of alkyl halides is 1. The summed E-state index contributed by atoms with van der Waals surface area (Å²) in [6, 6.07) is 5.81. The topological polar surface area (TPSA) is 17.1 Å². The van der Waals surface area contributed by atoms with Crippen LogP contribution in [0, 0.1) is 0 Å². The average Bonchev–Trinajstić information content (AvgIpc) is 2.16. The summed E-state index contributed by atoms with van der Waals surface area (Å²) in [6.45, 7) is 3.56. The third-order valence-corrected chi connectivity index (χ3v) is 3.06. The van der Waals surface area contributed by atoms with E-state index in [0.29, 0.717) is 0 Å². The third-order valence-electron chi connectivity index (χ3n) is 2.13. The number of halogens is 1. The third kappa shape index (κ3) is 2.52. The van der Waals surface area contributed by atoms with E-state index in [1.165, 1.54) is 12.5 Å². The van der Waals surface area contributed by atoms with Gasteiger partial charge in [0.1, 0.15) is 5.38 Å². The lowest BCUT2D eigenvalue weighted by Gasteiger charge is -2.10. The molecule has 76 valence electrons. The lowest BCUT2D eigenvalue weighted by Crippen LogP contribution is -2.02. The molecule has 0 saturated carbocycles. The van der Waals surface area contributed by atoms with Crippen LogP contribution in [-0.2, 0) is 11.2 Å². The summed E-state index contributed by atoms with van der Waals surface area (Å²) in [7, 11) is 0. The van der Waals surface area contributed by atoms with Gasteiger partial charge in [-0.3, -0.25) is 4.79 Å². The highest BCUT2D eigenvalue weighted by Gasteiger charge is 2.15. The van der Waals surface area contributed by atoms with Gasteiger partial charge in [0.05, 0.1) is 0 Å². The first kappa shape index (κ1) is 11.6. The van der Waals surface area contributed by atoms with E-state index in [4.69, 9.17) is 11.6 Å². The van der Waals surface area contributed by atoms with E-state index in [-0.39, 0.29) is 5.78 Å². The molecule has 0 radical (unpaired) electrons. The van der Waals surface area contributed by atoms with E-state index >= 15 is 0 Å². The van der Waals surface area contributed by atoms with Gasteiger partial charge in [-0.05, 0) is 30.5 Å². The fourth-order valence-corrected chi connectivity index (χ4v) is 1.88. The van der Waals surface area contributed by atoms with Crippen LogP contribution in [0.25, 0.3) is 0 Å². The molecule has 0 bridgehead atoms. The molecule has 0 aliphatic carbocycles. The number of Topliss-reactive ketones (excluding diaryl/α,β-unsaturated/α-hetero) is 1. The van der Waals surface area contributed by atoms with Crippen LogP contribution in [0.15, 0.2) is 23.1 Å². The van der Waals surface area contributed by atoms with Gasteiger partial charge in [-0.15, -0.1) is 24.2 Å². The number of ketones is 1. The Morgan fingerprint density at radius 3 is 2.64 bits per heavy atom. The molecule has 0 fully saturated rings. The summed E-state index contributed by atoms with van der Waals surface area (Å²) in [6.07, 6.45) is 0.959. The second-order valence-electron chi connectivity index (χ2n) is 3.22. The van der Waals surface area contributed by atoms with Gasteiger partial charge in [0.15, 0.2) is 5.78 Å². The minimum absolute atomic E-state index is 0.0498. The van der Waals surface area contributed by atoms with Gasteiger partial charge in [-0.25, -0.2) is 0 Å². The van der Waals surface area contributed by atoms with E-state index < -0.39 is 5.38 Å². The Bertz CT molecular complexity index is 349. The van der Waals surface area contributed by atoms with Crippen molar-refractivity contribution in [3.05, 3.63) is 29.3 Å². The largest absolute Gasteiger partial charge is 0.298 e. The Labute approximate surface area is 94.9 Å². The predicted octanol–water partition coefficient (Wildman–Crippen LogP) is 3.41. The van der Waals surface area contributed by atoms with Gasteiger partial charge >= 0.3 is 0 Å². The molecule has 0 aliphatic heterocycles. The monoisotopic (exact) mass is 228 g/mol. The molecule has 0 heterocycles. The summed E-state index contributed by atoms with van der Waals surface area (Å²) in [5.41, 5.74) is 1.99. The molecule has 0 aromatic heterocycles. The Morgan fingerprint density at radius 1 is 1.57 bits per heavy atom. The van der Waals surface area contributed by atoms with Crippen molar-refractivity contribution in [3.8, 4) is 0 Å². The van der Waals surface area contributed by atoms with Gasteiger partial charge < -0.3 is 0 Å². The molecule has 1 atom stereocenters. The quantitative estimate of drug-likeness (QED) is 0.620. The number of thiol groups is 1. The zero-order chi connectivity index (χ0) is 10.7. The fraction of sp³-hybridized carbons (Fsp3) is 0.364. The number of carbonyl (C=O) groups excluding carboxylic acids is 1. The average molecular weight is 229 g/mol. The van der Waals surface area contributed by atoms with Crippen molar-refractivity contribution in [2.24, 2.45) is 0 Å². The molecule has 1 nitrogen and oxygen atoms in total. The minimum Gasteiger partial charge on any atom is -0.298 e. The predicted molar refractivity (Wildman–Crippen MR) is 62.3 cm³/mol. The normalized spacial score (nSPS) is 12.6. The molecule has 1 aromatic rings. The molecule has 0 N–H and O–H groups in total. The minimum atomic E-state index is -0.576. The van der Waals surface area contributed by atoms with Crippen molar-refractivity contribution >= 4 is 30.0 Å². The van der Waals surface area contributed by atoms with Gasteiger partial charge in [0.25, 0.3) is 0 Å². The smallest absolute Gasteiger partial charge is 0.152 e. The van der Waals surface area contributed by atoms with E-state index in [2.05, 4.69) is 19.6 Å². The van der Waals surface area contributed by atoms with Gasteiger partial charge in [0, 0.05) is 4.90 Å². The SMILES string of the molecule is CCc1ccc(C(Cl)C(C)=O)c(S)c1. The number of rotatable bonds is 3. The molecule has 0 amide bonds. The first-order chi connectivity index (χ1) is 6.56. The summed E-state index contributed by atoms with van der Waals surface area (Å²) >= 11 is 10.3. The van der Waals surface area contributed by atoms with Crippen molar-refractivity contribution in [1.29, 1.82) is 0 Å². The van der Waals surface area contributed by atoms with Gasteiger partial charge in [0.2, 0.25) is 0 Å². The molecule has 0 spiro atoms.